The van der Waals surface area contributed by atoms with E-state index in [1.807, 2.05) is 6.92 Å². The van der Waals surface area contributed by atoms with Crippen molar-refractivity contribution in [2.45, 2.75) is 44.0 Å². The molecule has 1 aliphatic carbocycles. The van der Waals surface area contributed by atoms with Crippen LogP contribution in [-0.4, -0.2) is 29.9 Å². The van der Waals surface area contributed by atoms with Crippen molar-refractivity contribution in [1.29, 1.82) is 0 Å². The second-order valence-electron chi connectivity index (χ2n) is 6.17. The van der Waals surface area contributed by atoms with Crippen LogP contribution in [0.25, 0.3) is 0 Å². The summed E-state index contributed by atoms with van der Waals surface area (Å²) in [4.78, 5) is 12.9. The highest BCUT2D eigenvalue weighted by Gasteiger charge is 2.28. The van der Waals surface area contributed by atoms with Crippen LogP contribution in [0.15, 0.2) is 41.4 Å². The lowest BCUT2D eigenvalue weighted by molar-refractivity contribution is 0.0966. The van der Waals surface area contributed by atoms with E-state index in [-0.39, 0.29) is 16.8 Å². The summed E-state index contributed by atoms with van der Waals surface area (Å²) >= 11 is 0. The molecular formula is C17H23N3O3S2. The van der Waals surface area contributed by atoms with Crippen molar-refractivity contribution in [3.63, 3.8) is 0 Å². The highest BCUT2D eigenvalue weighted by Crippen LogP contribution is 2.36. The topological polar surface area (TPSA) is 81.1 Å². The molecule has 25 heavy (non-hydrogen) atoms. The normalized spacial score (nSPS) is 17.0. The molecular weight excluding hydrogens is 358 g/mol. The minimum Gasteiger partial charge on any atom is -0.302 e. The number of benzene rings is 1. The van der Waals surface area contributed by atoms with Crippen molar-refractivity contribution in [3.05, 3.63) is 47.8 Å². The number of hydrogen-bond donors (Lipinski definition) is 2. The van der Waals surface area contributed by atoms with Crippen LogP contribution in [0.3, 0.4) is 0 Å². The minimum absolute atomic E-state index is 0.248. The average Bonchev–Trinajstić information content (AvgIpc) is 3.00. The Bertz CT molecular complexity index is 856. The SMILES string of the molecule is CC[SH](NC(=O)c1ccnn1C1CCC1)S(=O)(=O)c1ccc(C)cc1. The third kappa shape index (κ3) is 3.59. The molecule has 1 aliphatic rings. The molecule has 136 valence electrons. The van der Waals surface area contributed by atoms with Gasteiger partial charge < -0.3 is 4.72 Å². The molecule has 0 radical (unpaired) electrons. The summed E-state index contributed by atoms with van der Waals surface area (Å²) in [5.74, 6) is -0.0115. The molecule has 1 aromatic heterocycles. The fourth-order valence-corrected chi connectivity index (χ4v) is 7.18. The van der Waals surface area contributed by atoms with Crippen LogP contribution in [0.4, 0.5) is 0 Å². The van der Waals surface area contributed by atoms with Crippen molar-refractivity contribution in [2.75, 3.05) is 5.75 Å². The number of amides is 1. The first-order chi connectivity index (χ1) is 11.9. The molecule has 2 aromatic rings. The van der Waals surface area contributed by atoms with Crippen LogP contribution in [0.5, 0.6) is 0 Å². The van der Waals surface area contributed by atoms with Gasteiger partial charge in [-0.25, -0.2) is 8.42 Å². The van der Waals surface area contributed by atoms with E-state index in [1.165, 1.54) is 0 Å². The molecule has 1 heterocycles. The van der Waals surface area contributed by atoms with E-state index in [9.17, 15) is 13.2 Å². The Hall–Kier alpha value is -1.80. The lowest BCUT2D eigenvalue weighted by Crippen LogP contribution is -2.30. The first-order valence-electron chi connectivity index (χ1n) is 8.37. The molecule has 0 aliphatic heterocycles. The summed E-state index contributed by atoms with van der Waals surface area (Å²) in [5.41, 5.74) is 1.43. The first-order valence-corrected chi connectivity index (χ1v) is 12.0. The molecule has 1 amide bonds. The Kier molecular flexibility index (Phi) is 5.19. The van der Waals surface area contributed by atoms with Gasteiger partial charge in [0, 0.05) is 11.9 Å². The Morgan fingerprint density at radius 2 is 1.96 bits per heavy atom. The molecule has 0 saturated heterocycles. The fraction of sp³-hybridized carbons (Fsp3) is 0.412. The Balaban J connectivity index is 1.81. The molecule has 1 unspecified atom stereocenters. The summed E-state index contributed by atoms with van der Waals surface area (Å²) in [6, 6.07) is 8.63. The molecule has 1 atom stereocenters. The quantitative estimate of drug-likeness (QED) is 0.595. The number of nitrogens with one attached hydrogen (secondary N) is 1. The summed E-state index contributed by atoms with van der Waals surface area (Å²) in [5, 5.41) is 4.24. The van der Waals surface area contributed by atoms with E-state index in [1.54, 1.807) is 48.1 Å². The van der Waals surface area contributed by atoms with Gasteiger partial charge in [-0.2, -0.15) is 5.10 Å². The number of thiol groups is 1. The molecule has 3 rings (SSSR count). The molecule has 6 nitrogen and oxygen atoms in total. The van der Waals surface area contributed by atoms with Gasteiger partial charge in [-0.3, -0.25) is 9.48 Å². The van der Waals surface area contributed by atoms with E-state index in [0.29, 0.717) is 11.4 Å². The molecule has 1 aromatic carbocycles. The third-order valence-corrected chi connectivity index (χ3v) is 10.3. The van der Waals surface area contributed by atoms with Gasteiger partial charge >= 0.3 is 0 Å². The highest BCUT2D eigenvalue weighted by atomic mass is 33.2. The predicted molar refractivity (Wildman–Crippen MR) is 100 cm³/mol. The molecule has 8 heteroatoms. The summed E-state index contributed by atoms with van der Waals surface area (Å²) in [6.07, 6.45) is 4.74. The number of carbonyl (C=O) groups excluding carboxylic acids is 1. The molecule has 1 saturated carbocycles. The van der Waals surface area contributed by atoms with Gasteiger partial charge in [-0.15, -0.1) is 0 Å². The Morgan fingerprint density at radius 3 is 2.52 bits per heavy atom. The van der Waals surface area contributed by atoms with E-state index in [2.05, 4.69) is 9.82 Å². The zero-order valence-electron chi connectivity index (χ0n) is 14.3. The van der Waals surface area contributed by atoms with Crippen LogP contribution in [0.2, 0.25) is 0 Å². The Labute approximate surface area is 150 Å². The van der Waals surface area contributed by atoms with Crippen molar-refractivity contribution in [2.24, 2.45) is 0 Å². The van der Waals surface area contributed by atoms with Crippen LogP contribution < -0.4 is 4.72 Å². The third-order valence-electron chi connectivity index (χ3n) is 4.45. The van der Waals surface area contributed by atoms with Gasteiger partial charge in [0.15, 0.2) is 0 Å². The van der Waals surface area contributed by atoms with Gasteiger partial charge in [0.2, 0.25) is 8.87 Å². The second-order valence-corrected chi connectivity index (χ2v) is 12.0. The van der Waals surface area contributed by atoms with Gasteiger partial charge in [-0.05, 0) is 44.4 Å². The summed E-state index contributed by atoms with van der Waals surface area (Å²) < 4.78 is 30.2. The van der Waals surface area contributed by atoms with Crippen LogP contribution in [0, 0.1) is 6.92 Å². The van der Waals surface area contributed by atoms with Gasteiger partial charge in [0.25, 0.3) is 5.91 Å². The first kappa shape index (κ1) is 18.0. The summed E-state index contributed by atoms with van der Waals surface area (Å²) in [6.45, 7) is 3.68. The van der Waals surface area contributed by atoms with Gasteiger partial charge in [0.05, 0.1) is 10.9 Å². The fourth-order valence-electron chi connectivity index (χ4n) is 2.73. The monoisotopic (exact) mass is 381 g/mol. The average molecular weight is 382 g/mol. The number of hydrogen-bond acceptors (Lipinski definition) is 4. The zero-order chi connectivity index (χ0) is 18.0. The highest BCUT2D eigenvalue weighted by molar-refractivity contribution is 8.80. The zero-order valence-corrected chi connectivity index (χ0v) is 16.1. The van der Waals surface area contributed by atoms with Crippen LogP contribution >= 0.6 is 10.1 Å². The maximum absolute atomic E-state index is 12.9. The van der Waals surface area contributed by atoms with E-state index < -0.39 is 19.0 Å². The number of aryl methyl sites for hydroxylation is 1. The van der Waals surface area contributed by atoms with Gasteiger partial charge in [0.1, 0.15) is 5.69 Å². The summed E-state index contributed by atoms with van der Waals surface area (Å²) in [7, 11) is -5.29. The molecule has 0 spiro atoms. The van der Waals surface area contributed by atoms with Crippen molar-refractivity contribution >= 4 is 24.9 Å². The largest absolute Gasteiger partial charge is 0.302 e. The maximum Gasteiger partial charge on any atom is 0.278 e. The number of aromatic nitrogens is 2. The predicted octanol–water partition coefficient (Wildman–Crippen LogP) is 2.97. The number of nitrogens with zero attached hydrogens (tertiary/aromatic N) is 2. The second kappa shape index (κ2) is 7.21. The van der Waals surface area contributed by atoms with E-state index in [0.717, 1.165) is 24.8 Å². The van der Waals surface area contributed by atoms with E-state index >= 15 is 0 Å². The Morgan fingerprint density at radius 1 is 1.28 bits per heavy atom. The maximum atomic E-state index is 12.9. The number of carbonyl (C=O) groups is 1. The van der Waals surface area contributed by atoms with Gasteiger partial charge in [-0.1, -0.05) is 34.7 Å². The number of rotatable bonds is 6. The van der Waals surface area contributed by atoms with Crippen molar-refractivity contribution < 1.29 is 13.2 Å². The van der Waals surface area contributed by atoms with Crippen molar-refractivity contribution in [1.82, 2.24) is 14.5 Å². The van der Waals surface area contributed by atoms with Crippen LogP contribution in [-0.2, 0) is 8.87 Å². The molecule has 1 fully saturated rings. The van der Waals surface area contributed by atoms with Crippen LogP contribution in [0.1, 0.15) is 48.3 Å². The molecule has 0 bridgehead atoms. The minimum atomic E-state index is -3.58. The lowest BCUT2D eigenvalue weighted by Gasteiger charge is -2.28. The lowest BCUT2D eigenvalue weighted by atomic mass is 9.93. The standard InChI is InChI=1S/C17H23N3O3S2/c1-3-24(25(22,23)15-9-7-13(2)8-10-15)19-17(21)16-11-12-18-20(16)14-5-4-6-14/h7-12,14,24H,3-6H2,1-2H3,(H,19,21). The van der Waals surface area contributed by atoms with Crippen molar-refractivity contribution in [3.8, 4) is 0 Å². The molecule has 1 N–H and O–H groups in total. The van der Waals surface area contributed by atoms with E-state index in [4.69, 9.17) is 0 Å². The smallest absolute Gasteiger partial charge is 0.278 e.